The van der Waals surface area contributed by atoms with Crippen molar-refractivity contribution in [2.45, 2.75) is 161 Å². The molecule has 2 unspecified atom stereocenters. The Kier molecular flexibility index (Phi) is 38.9. The number of aliphatic carboxylic acids is 1. The number of quaternary nitrogens is 1. The molecule has 8 nitrogen and oxygen atoms in total. The first-order chi connectivity index (χ1) is 29.1. The van der Waals surface area contributed by atoms with E-state index in [1.807, 2.05) is 0 Å². The summed E-state index contributed by atoms with van der Waals surface area (Å²) in [6.07, 6.45) is 56.9. The SMILES string of the molecule is CC/C=C/C/C=C/C/C=C/C/C=C/C/C=C/CCCC(=O)OCC(COCCC(C(=O)[O-])[N+](C)(C)C)OC(=O)CCCCCCCC/C=C/C/C=C/C/C=C/C/C=C/CC. The summed E-state index contributed by atoms with van der Waals surface area (Å²) in [5, 5.41) is 11.6. The Hall–Kier alpha value is -4.01. The number of carboxylic acid groups (broad SMARTS) is 1. The normalized spacial score (nSPS) is 13.9. The lowest BCUT2D eigenvalue weighted by Crippen LogP contribution is -2.55. The van der Waals surface area contributed by atoms with Gasteiger partial charge in [-0.2, -0.15) is 0 Å². The van der Waals surface area contributed by atoms with Gasteiger partial charge in [0, 0.05) is 19.3 Å². The van der Waals surface area contributed by atoms with Crippen molar-refractivity contribution in [2.75, 3.05) is 41.0 Å². The number of carboxylic acids is 1. The average molecular weight is 834 g/mol. The molecule has 0 amide bonds. The van der Waals surface area contributed by atoms with Crippen molar-refractivity contribution in [1.29, 1.82) is 0 Å². The molecule has 0 N–H and O–H groups in total. The molecule has 2 atom stereocenters. The van der Waals surface area contributed by atoms with Gasteiger partial charge in [0.05, 0.1) is 40.3 Å². The number of carbonyl (C=O) groups excluding carboxylic acids is 3. The Morgan fingerprint density at radius 2 is 0.900 bits per heavy atom. The fraction of sp³-hybridized carbons (Fsp3) is 0.596. The van der Waals surface area contributed by atoms with Crippen molar-refractivity contribution in [3.63, 3.8) is 0 Å². The minimum Gasteiger partial charge on any atom is -0.544 e. The first kappa shape index (κ1) is 56.0. The summed E-state index contributed by atoms with van der Waals surface area (Å²) in [7, 11) is 5.37. The van der Waals surface area contributed by atoms with Crippen LogP contribution in [0.5, 0.6) is 0 Å². The van der Waals surface area contributed by atoms with Crippen LogP contribution in [0.1, 0.15) is 149 Å². The molecule has 8 heteroatoms. The summed E-state index contributed by atoms with van der Waals surface area (Å²) < 4.78 is 17.1. The molecule has 0 fully saturated rings. The Morgan fingerprint density at radius 3 is 1.35 bits per heavy atom. The largest absolute Gasteiger partial charge is 0.544 e. The molecule has 60 heavy (non-hydrogen) atoms. The lowest BCUT2D eigenvalue weighted by Gasteiger charge is -2.34. The molecule has 0 aliphatic carbocycles. The molecule has 0 saturated carbocycles. The molecule has 0 aliphatic rings. The highest BCUT2D eigenvalue weighted by Gasteiger charge is 2.25. The van der Waals surface area contributed by atoms with E-state index >= 15 is 0 Å². The van der Waals surface area contributed by atoms with Crippen LogP contribution in [0.25, 0.3) is 0 Å². The molecule has 0 saturated heterocycles. The molecule has 0 bridgehead atoms. The second kappa shape index (κ2) is 41.7. The fourth-order valence-electron chi connectivity index (χ4n) is 5.92. The van der Waals surface area contributed by atoms with E-state index in [4.69, 9.17) is 14.2 Å². The van der Waals surface area contributed by atoms with Gasteiger partial charge < -0.3 is 28.6 Å². The molecule has 0 radical (unpaired) electrons. The number of hydrogen-bond acceptors (Lipinski definition) is 7. The topological polar surface area (TPSA) is 102 Å². The van der Waals surface area contributed by atoms with Crippen molar-refractivity contribution < 1.29 is 38.2 Å². The minimum absolute atomic E-state index is 0.00917. The zero-order chi connectivity index (χ0) is 44.2. The predicted molar refractivity (Wildman–Crippen MR) is 249 cm³/mol. The van der Waals surface area contributed by atoms with Crippen LogP contribution in [0.4, 0.5) is 0 Å². The Balaban J connectivity index is 4.46. The maximum absolute atomic E-state index is 12.7. The van der Waals surface area contributed by atoms with E-state index in [1.165, 1.54) is 12.8 Å². The third-order valence-corrected chi connectivity index (χ3v) is 9.40. The van der Waals surface area contributed by atoms with Gasteiger partial charge in [0.1, 0.15) is 12.6 Å². The van der Waals surface area contributed by atoms with Gasteiger partial charge in [0.25, 0.3) is 0 Å². The number of nitrogens with zero attached hydrogens (tertiary/aromatic N) is 1. The van der Waals surface area contributed by atoms with E-state index in [-0.39, 0.29) is 55.5 Å². The summed E-state index contributed by atoms with van der Waals surface area (Å²) in [5.41, 5.74) is 0. The van der Waals surface area contributed by atoms with Crippen LogP contribution < -0.4 is 5.11 Å². The van der Waals surface area contributed by atoms with Crippen molar-refractivity contribution >= 4 is 17.9 Å². The number of carbonyl (C=O) groups is 3. The minimum atomic E-state index is -1.14. The second-order valence-electron chi connectivity index (χ2n) is 15.9. The summed E-state index contributed by atoms with van der Waals surface area (Å²) >= 11 is 0. The quantitative estimate of drug-likeness (QED) is 0.0263. The number of rotatable bonds is 39. The van der Waals surface area contributed by atoms with Crippen molar-refractivity contribution in [2.24, 2.45) is 0 Å². The van der Waals surface area contributed by atoms with E-state index < -0.39 is 18.1 Å². The van der Waals surface area contributed by atoms with E-state index in [0.717, 1.165) is 96.3 Å². The summed E-state index contributed by atoms with van der Waals surface area (Å²) in [4.78, 5) is 36.9. The van der Waals surface area contributed by atoms with Gasteiger partial charge in [-0.15, -0.1) is 0 Å². The summed E-state index contributed by atoms with van der Waals surface area (Å²) in [6.45, 7) is 4.33. The molecule has 0 aromatic carbocycles. The highest BCUT2D eigenvalue weighted by Crippen LogP contribution is 2.12. The number of allylic oxidation sites excluding steroid dienone is 18. The number of esters is 2. The van der Waals surface area contributed by atoms with Crippen LogP contribution in [-0.4, -0.2) is 75.5 Å². The van der Waals surface area contributed by atoms with E-state index in [1.54, 1.807) is 21.1 Å². The first-order valence-corrected chi connectivity index (χ1v) is 22.9. The summed E-state index contributed by atoms with van der Waals surface area (Å²) in [6, 6.07) is -0.744. The van der Waals surface area contributed by atoms with Crippen LogP contribution >= 0.6 is 0 Å². The number of likely N-dealkylation sites (N-methyl/N-ethyl adjacent to an activating group) is 1. The average Bonchev–Trinajstić information content (AvgIpc) is 3.21. The molecule has 0 aliphatic heterocycles. The van der Waals surface area contributed by atoms with Gasteiger partial charge in [0.15, 0.2) is 6.10 Å². The maximum Gasteiger partial charge on any atom is 0.306 e. The van der Waals surface area contributed by atoms with E-state index in [2.05, 4.69) is 123 Å². The van der Waals surface area contributed by atoms with E-state index in [9.17, 15) is 19.5 Å². The van der Waals surface area contributed by atoms with Crippen LogP contribution in [0.2, 0.25) is 0 Å². The number of unbranched alkanes of at least 4 members (excludes halogenated alkanes) is 7. The van der Waals surface area contributed by atoms with Gasteiger partial charge >= 0.3 is 11.9 Å². The van der Waals surface area contributed by atoms with Crippen molar-refractivity contribution in [3.8, 4) is 0 Å². The van der Waals surface area contributed by atoms with Crippen LogP contribution in [0, 0.1) is 0 Å². The Labute approximate surface area is 366 Å². The lowest BCUT2D eigenvalue weighted by molar-refractivity contribution is -0.889. The van der Waals surface area contributed by atoms with Gasteiger partial charge in [-0.1, -0.05) is 149 Å². The van der Waals surface area contributed by atoms with Crippen molar-refractivity contribution in [3.05, 3.63) is 109 Å². The molecule has 0 heterocycles. The van der Waals surface area contributed by atoms with E-state index in [0.29, 0.717) is 6.42 Å². The zero-order valence-corrected chi connectivity index (χ0v) is 38.3. The monoisotopic (exact) mass is 834 g/mol. The van der Waals surface area contributed by atoms with Gasteiger partial charge in [0.2, 0.25) is 0 Å². The third kappa shape index (κ3) is 39.5. The van der Waals surface area contributed by atoms with Crippen molar-refractivity contribution in [1.82, 2.24) is 0 Å². The van der Waals surface area contributed by atoms with Gasteiger partial charge in [-0.05, 0) is 89.9 Å². The van der Waals surface area contributed by atoms with Gasteiger partial charge in [-0.3, -0.25) is 9.59 Å². The zero-order valence-electron chi connectivity index (χ0n) is 38.3. The standard InChI is InChI=1S/C52H83NO7/c1-6-8-10-12-14-16-18-20-22-24-25-27-29-31-33-35-37-39-41-43-51(55)60-48(46-58-45-44-49(52(56)57)53(3,4)5)47-59-50(54)42-40-38-36-34-32-30-28-26-23-21-19-17-15-13-11-9-7-2/h8-11,14-17,20-23,25,27-28,30,34,36,48-49H,6-7,12-13,18-19,24,26,29,31-33,35,37-47H2,1-5H3/b10-8+,11-9+,16-14+,17-15+,22-20+,23-21+,27-25+,30-28+,36-34+. The van der Waals surface area contributed by atoms with Crippen LogP contribution in [-0.2, 0) is 28.6 Å². The molecular weight excluding hydrogens is 751 g/mol. The van der Waals surface area contributed by atoms with Crippen LogP contribution in [0.3, 0.4) is 0 Å². The van der Waals surface area contributed by atoms with Gasteiger partial charge in [-0.25, -0.2) is 0 Å². The second-order valence-corrected chi connectivity index (χ2v) is 15.9. The lowest BCUT2D eigenvalue weighted by atomic mass is 10.1. The van der Waals surface area contributed by atoms with Crippen LogP contribution in [0.15, 0.2) is 109 Å². The molecule has 338 valence electrons. The Morgan fingerprint density at radius 1 is 0.500 bits per heavy atom. The number of ether oxygens (including phenoxy) is 3. The third-order valence-electron chi connectivity index (χ3n) is 9.40. The molecule has 0 spiro atoms. The Bertz CT molecular complexity index is 1340. The molecule has 0 aromatic rings. The highest BCUT2D eigenvalue weighted by atomic mass is 16.6. The predicted octanol–water partition coefficient (Wildman–Crippen LogP) is 11.5. The maximum atomic E-state index is 12.7. The molecular formula is C52H83NO7. The fourth-order valence-corrected chi connectivity index (χ4v) is 5.92. The smallest absolute Gasteiger partial charge is 0.306 e. The number of hydrogen-bond donors (Lipinski definition) is 0. The first-order valence-electron chi connectivity index (χ1n) is 22.9. The molecule has 0 rings (SSSR count). The molecule has 0 aromatic heterocycles. The highest BCUT2D eigenvalue weighted by molar-refractivity contribution is 5.70. The summed E-state index contributed by atoms with van der Waals surface area (Å²) in [5.74, 6) is -1.85.